The summed E-state index contributed by atoms with van der Waals surface area (Å²) in [5, 5.41) is 11.1. The number of halogens is 1. The van der Waals surface area contributed by atoms with Gasteiger partial charge in [-0.3, -0.25) is 0 Å². The van der Waals surface area contributed by atoms with Crippen LogP contribution in [-0.2, 0) is 6.42 Å². The van der Waals surface area contributed by atoms with E-state index in [1.54, 1.807) is 0 Å². The van der Waals surface area contributed by atoms with Gasteiger partial charge in [0.2, 0.25) is 0 Å². The van der Waals surface area contributed by atoms with Crippen LogP contribution in [0.5, 0.6) is 0 Å². The van der Waals surface area contributed by atoms with Crippen LogP contribution >= 0.6 is 11.6 Å². The van der Waals surface area contributed by atoms with Crippen LogP contribution in [0, 0.1) is 0 Å². The summed E-state index contributed by atoms with van der Waals surface area (Å²) >= 11 is 5.87. The van der Waals surface area contributed by atoms with E-state index >= 15 is 0 Å². The molecule has 0 bridgehead atoms. The molecule has 1 atom stereocenters. The van der Waals surface area contributed by atoms with Crippen LogP contribution < -0.4 is 0 Å². The highest BCUT2D eigenvalue weighted by Crippen LogP contribution is 2.40. The zero-order valence-corrected chi connectivity index (χ0v) is 11.5. The molecule has 0 saturated heterocycles. The molecule has 1 aliphatic carbocycles. The number of rotatable bonds is 4. The number of aliphatic hydroxyl groups excluding tert-OH is 1. The van der Waals surface area contributed by atoms with Crippen molar-refractivity contribution < 1.29 is 5.11 Å². The Balaban J connectivity index is 1.74. The standard InChI is InChI=1S/C17H17ClO/c18-16-8-4-12(5-9-16)10-17(19)15-3-1-2-14(11-15)13-6-7-13/h1-5,8-9,11,13,17,19H,6-7,10H2. The highest BCUT2D eigenvalue weighted by molar-refractivity contribution is 6.30. The van der Waals surface area contributed by atoms with Gasteiger partial charge in [0.05, 0.1) is 6.10 Å². The molecule has 2 aromatic carbocycles. The van der Waals surface area contributed by atoms with Gasteiger partial charge >= 0.3 is 0 Å². The van der Waals surface area contributed by atoms with Crippen LogP contribution in [-0.4, -0.2) is 5.11 Å². The first kappa shape index (κ1) is 12.7. The molecule has 2 heteroatoms. The molecule has 0 aromatic heterocycles. The Kier molecular flexibility index (Phi) is 3.58. The number of hydrogen-bond donors (Lipinski definition) is 1. The number of benzene rings is 2. The zero-order valence-electron chi connectivity index (χ0n) is 10.7. The van der Waals surface area contributed by atoms with Gasteiger partial charge in [0, 0.05) is 11.4 Å². The maximum Gasteiger partial charge on any atom is 0.0830 e. The molecule has 3 rings (SSSR count). The minimum atomic E-state index is -0.445. The van der Waals surface area contributed by atoms with Crippen LogP contribution in [0.2, 0.25) is 5.02 Å². The van der Waals surface area contributed by atoms with E-state index in [9.17, 15) is 5.11 Å². The van der Waals surface area contributed by atoms with Gasteiger partial charge in [-0.1, -0.05) is 48.0 Å². The molecule has 19 heavy (non-hydrogen) atoms. The normalized spacial score (nSPS) is 16.3. The number of aliphatic hydroxyl groups is 1. The SMILES string of the molecule is OC(Cc1ccc(Cl)cc1)c1cccc(C2CC2)c1. The predicted octanol–water partition coefficient (Wildman–Crippen LogP) is 4.49. The second-order valence-corrected chi connectivity index (χ2v) is 5.73. The zero-order chi connectivity index (χ0) is 13.2. The van der Waals surface area contributed by atoms with E-state index in [2.05, 4.69) is 12.1 Å². The topological polar surface area (TPSA) is 20.2 Å². The van der Waals surface area contributed by atoms with Crippen molar-refractivity contribution in [3.63, 3.8) is 0 Å². The van der Waals surface area contributed by atoms with Crippen molar-refractivity contribution in [2.24, 2.45) is 0 Å². The second kappa shape index (κ2) is 5.36. The van der Waals surface area contributed by atoms with E-state index in [1.165, 1.54) is 18.4 Å². The van der Waals surface area contributed by atoms with Gasteiger partial charge in [-0.05, 0) is 47.6 Å². The molecule has 0 radical (unpaired) electrons. The fourth-order valence-corrected chi connectivity index (χ4v) is 2.52. The lowest BCUT2D eigenvalue weighted by atomic mass is 9.98. The molecule has 98 valence electrons. The van der Waals surface area contributed by atoms with Crippen LogP contribution in [0.4, 0.5) is 0 Å². The Labute approximate surface area is 118 Å². The molecule has 1 unspecified atom stereocenters. The monoisotopic (exact) mass is 272 g/mol. The first-order chi connectivity index (χ1) is 9.22. The Morgan fingerprint density at radius 1 is 1.11 bits per heavy atom. The third kappa shape index (κ3) is 3.17. The lowest BCUT2D eigenvalue weighted by molar-refractivity contribution is 0.178. The number of hydrogen-bond acceptors (Lipinski definition) is 1. The molecule has 1 nitrogen and oxygen atoms in total. The molecule has 1 saturated carbocycles. The first-order valence-electron chi connectivity index (χ1n) is 6.75. The van der Waals surface area contributed by atoms with Crippen molar-refractivity contribution in [1.82, 2.24) is 0 Å². The van der Waals surface area contributed by atoms with E-state index < -0.39 is 6.10 Å². The Hall–Kier alpha value is -1.31. The van der Waals surface area contributed by atoms with E-state index in [0.29, 0.717) is 6.42 Å². The molecule has 0 amide bonds. The van der Waals surface area contributed by atoms with Gasteiger partial charge in [0.15, 0.2) is 0 Å². The van der Waals surface area contributed by atoms with Gasteiger partial charge in [0.25, 0.3) is 0 Å². The van der Waals surface area contributed by atoms with Crippen LogP contribution in [0.15, 0.2) is 48.5 Å². The minimum absolute atomic E-state index is 0.445. The first-order valence-corrected chi connectivity index (χ1v) is 7.12. The van der Waals surface area contributed by atoms with Gasteiger partial charge < -0.3 is 5.11 Å². The summed E-state index contributed by atoms with van der Waals surface area (Å²) in [6, 6.07) is 16.0. The molecular formula is C17H17ClO. The lowest BCUT2D eigenvalue weighted by Gasteiger charge is -2.12. The minimum Gasteiger partial charge on any atom is -0.388 e. The van der Waals surface area contributed by atoms with Gasteiger partial charge in [0.1, 0.15) is 0 Å². The summed E-state index contributed by atoms with van der Waals surface area (Å²) in [7, 11) is 0. The summed E-state index contributed by atoms with van der Waals surface area (Å²) in [4.78, 5) is 0. The predicted molar refractivity (Wildman–Crippen MR) is 78.5 cm³/mol. The molecule has 0 heterocycles. The van der Waals surface area contributed by atoms with Crippen molar-refractivity contribution in [2.45, 2.75) is 31.3 Å². The third-order valence-electron chi connectivity index (χ3n) is 3.69. The van der Waals surface area contributed by atoms with Crippen molar-refractivity contribution in [1.29, 1.82) is 0 Å². The summed E-state index contributed by atoms with van der Waals surface area (Å²) in [6.07, 6.45) is 2.76. The van der Waals surface area contributed by atoms with Gasteiger partial charge in [-0.2, -0.15) is 0 Å². The molecule has 1 fully saturated rings. The smallest absolute Gasteiger partial charge is 0.0830 e. The Morgan fingerprint density at radius 2 is 1.84 bits per heavy atom. The second-order valence-electron chi connectivity index (χ2n) is 5.29. The van der Waals surface area contributed by atoms with Gasteiger partial charge in [-0.25, -0.2) is 0 Å². The van der Waals surface area contributed by atoms with Crippen LogP contribution in [0.3, 0.4) is 0 Å². The molecule has 0 spiro atoms. The quantitative estimate of drug-likeness (QED) is 0.869. The van der Waals surface area contributed by atoms with E-state index in [4.69, 9.17) is 11.6 Å². The Bertz CT molecular complexity index is 558. The molecule has 1 aliphatic rings. The fourth-order valence-electron chi connectivity index (χ4n) is 2.40. The highest BCUT2D eigenvalue weighted by Gasteiger charge is 2.23. The van der Waals surface area contributed by atoms with Crippen molar-refractivity contribution >= 4 is 11.6 Å². The van der Waals surface area contributed by atoms with E-state index in [-0.39, 0.29) is 0 Å². The summed E-state index contributed by atoms with van der Waals surface area (Å²) < 4.78 is 0. The summed E-state index contributed by atoms with van der Waals surface area (Å²) in [5.41, 5.74) is 3.49. The molecule has 0 aliphatic heterocycles. The average Bonchev–Trinajstić information content (AvgIpc) is 3.26. The van der Waals surface area contributed by atoms with Crippen LogP contribution in [0.1, 0.15) is 41.6 Å². The highest BCUT2D eigenvalue weighted by atomic mass is 35.5. The lowest BCUT2D eigenvalue weighted by Crippen LogP contribution is -2.02. The maximum absolute atomic E-state index is 10.3. The van der Waals surface area contributed by atoms with Crippen LogP contribution in [0.25, 0.3) is 0 Å². The molecule has 1 N–H and O–H groups in total. The van der Waals surface area contributed by atoms with Crippen molar-refractivity contribution in [3.8, 4) is 0 Å². The van der Waals surface area contributed by atoms with E-state index in [1.807, 2.05) is 36.4 Å². The van der Waals surface area contributed by atoms with Crippen molar-refractivity contribution in [3.05, 3.63) is 70.2 Å². The molecule has 2 aromatic rings. The third-order valence-corrected chi connectivity index (χ3v) is 3.94. The molecular weight excluding hydrogens is 256 g/mol. The van der Waals surface area contributed by atoms with Gasteiger partial charge in [-0.15, -0.1) is 0 Å². The Morgan fingerprint density at radius 3 is 2.53 bits per heavy atom. The maximum atomic E-state index is 10.3. The summed E-state index contributed by atoms with van der Waals surface area (Å²) in [5.74, 6) is 0.725. The summed E-state index contributed by atoms with van der Waals surface area (Å²) in [6.45, 7) is 0. The van der Waals surface area contributed by atoms with Crippen molar-refractivity contribution in [2.75, 3.05) is 0 Å². The largest absolute Gasteiger partial charge is 0.388 e. The van der Waals surface area contributed by atoms with E-state index in [0.717, 1.165) is 22.1 Å². The fraction of sp³-hybridized carbons (Fsp3) is 0.294. The average molecular weight is 273 g/mol.